The quantitative estimate of drug-likeness (QED) is 0.755. The van der Waals surface area contributed by atoms with E-state index in [0.717, 1.165) is 25.1 Å². The molecule has 2 aliphatic rings. The van der Waals surface area contributed by atoms with Gasteiger partial charge in [0.2, 0.25) is 6.29 Å². The van der Waals surface area contributed by atoms with Crippen molar-refractivity contribution in [2.24, 2.45) is 5.92 Å². The highest BCUT2D eigenvalue weighted by molar-refractivity contribution is 6.30. The number of halogens is 1. The number of hydrogen-bond donors (Lipinski definition) is 1. The van der Waals surface area contributed by atoms with Crippen LogP contribution < -0.4 is 0 Å². The summed E-state index contributed by atoms with van der Waals surface area (Å²) in [5, 5.41) is 9.93. The van der Waals surface area contributed by atoms with Gasteiger partial charge in [0.05, 0.1) is 0 Å². The van der Waals surface area contributed by atoms with Crippen LogP contribution >= 0.6 is 11.6 Å². The lowest BCUT2D eigenvalue weighted by molar-refractivity contribution is -0.168. The molecule has 1 fully saturated rings. The van der Waals surface area contributed by atoms with Crippen molar-refractivity contribution in [2.75, 3.05) is 26.3 Å². The third-order valence-corrected chi connectivity index (χ3v) is 4.86. The minimum Gasteiger partial charge on any atom is -0.459 e. The number of carbonyl (C=O) groups excluding carboxylic acids is 1. The van der Waals surface area contributed by atoms with Crippen molar-refractivity contribution >= 4 is 17.5 Å². The zero-order valence-electron chi connectivity index (χ0n) is 14.4. The molecule has 136 valence electrons. The normalized spacial score (nSPS) is 25.3. The molecular formula is C19H24ClNO4. The van der Waals surface area contributed by atoms with Crippen LogP contribution in [0.15, 0.2) is 36.1 Å². The van der Waals surface area contributed by atoms with Crippen molar-refractivity contribution in [3.05, 3.63) is 46.7 Å². The summed E-state index contributed by atoms with van der Waals surface area (Å²) in [5.74, 6) is 0.285. The van der Waals surface area contributed by atoms with Gasteiger partial charge in [-0.2, -0.15) is 0 Å². The van der Waals surface area contributed by atoms with Gasteiger partial charge in [0, 0.05) is 43.2 Å². The van der Waals surface area contributed by atoms with Gasteiger partial charge in [0.1, 0.15) is 0 Å². The Kier molecular flexibility index (Phi) is 5.99. The smallest absolute Gasteiger partial charge is 0.288 e. The van der Waals surface area contributed by atoms with Crippen LogP contribution in [0, 0.1) is 5.92 Å². The van der Waals surface area contributed by atoms with E-state index in [1.54, 1.807) is 4.90 Å². The Morgan fingerprint density at radius 3 is 2.68 bits per heavy atom. The lowest BCUT2D eigenvalue weighted by Crippen LogP contribution is -2.37. The molecule has 1 saturated heterocycles. The lowest BCUT2D eigenvalue weighted by Gasteiger charge is -2.37. The van der Waals surface area contributed by atoms with Crippen LogP contribution in [0.5, 0.6) is 0 Å². The van der Waals surface area contributed by atoms with Crippen molar-refractivity contribution in [1.29, 1.82) is 0 Å². The summed E-state index contributed by atoms with van der Waals surface area (Å²) >= 11 is 6.02. The van der Waals surface area contributed by atoms with E-state index in [1.165, 1.54) is 0 Å². The van der Waals surface area contributed by atoms with Crippen LogP contribution in [0.25, 0.3) is 0 Å². The van der Waals surface area contributed by atoms with Crippen LogP contribution in [0.3, 0.4) is 0 Å². The first kappa shape index (κ1) is 18.2. The number of ether oxygens (including phenoxy) is 2. The summed E-state index contributed by atoms with van der Waals surface area (Å²) in [7, 11) is 0. The first-order valence-corrected chi connectivity index (χ1v) is 9.17. The standard InChI is InChI=1S/C19H24ClNO4/c1-2-24-19-15(4-3-11-22)16(13-5-7-14(20)8-6-13)12-17(25-19)18(23)21-9-10-21/h5-8,12,15-16,19,22H,2-4,9-11H2,1H3/t15-,16-,19-/m1/s1. The van der Waals surface area contributed by atoms with Gasteiger partial charge in [-0.05, 0) is 43.5 Å². The highest BCUT2D eigenvalue weighted by atomic mass is 35.5. The van der Waals surface area contributed by atoms with Crippen LogP contribution in [-0.2, 0) is 14.3 Å². The van der Waals surface area contributed by atoms with Gasteiger partial charge in [-0.15, -0.1) is 0 Å². The summed E-state index contributed by atoms with van der Waals surface area (Å²) in [5.41, 5.74) is 1.07. The number of amides is 1. The molecule has 1 N–H and O–H groups in total. The number of aliphatic hydroxyl groups is 1. The Balaban J connectivity index is 1.93. The van der Waals surface area contributed by atoms with E-state index >= 15 is 0 Å². The summed E-state index contributed by atoms with van der Waals surface area (Å²) < 4.78 is 11.7. The summed E-state index contributed by atoms with van der Waals surface area (Å²) in [6.45, 7) is 4.08. The molecule has 2 heterocycles. The molecule has 6 heteroatoms. The summed E-state index contributed by atoms with van der Waals surface area (Å²) in [4.78, 5) is 14.2. The molecule has 1 aromatic carbocycles. The van der Waals surface area contributed by atoms with Crippen molar-refractivity contribution < 1.29 is 19.4 Å². The second-order valence-corrected chi connectivity index (χ2v) is 6.81. The Hall–Kier alpha value is -1.56. The molecule has 0 aromatic heterocycles. The molecule has 0 spiro atoms. The van der Waals surface area contributed by atoms with E-state index < -0.39 is 6.29 Å². The number of rotatable bonds is 7. The maximum Gasteiger partial charge on any atom is 0.288 e. The van der Waals surface area contributed by atoms with Crippen LogP contribution in [0.2, 0.25) is 5.02 Å². The van der Waals surface area contributed by atoms with E-state index in [1.807, 2.05) is 37.3 Å². The molecule has 0 aliphatic carbocycles. The van der Waals surface area contributed by atoms with Gasteiger partial charge in [-0.25, -0.2) is 0 Å². The Morgan fingerprint density at radius 1 is 1.36 bits per heavy atom. The lowest BCUT2D eigenvalue weighted by atomic mass is 9.80. The van der Waals surface area contributed by atoms with Crippen molar-refractivity contribution in [1.82, 2.24) is 4.90 Å². The number of hydrogen-bond acceptors (Lipinski definition) is 4. The zero-order valence-corrected chi connectivity index (χ0v) is 15.1. The Labute approximate surface area is 153 Å². The SMILES string of the molecule is CCO[C@@H]1OC(C(=O)N2CC2)=C[C@H](c2ccc(Cl)cc2)[C@H]1CCCO. The Bertz CT molecular complexity index is 627. The van der Waals surface area contributed by atoms with Gasteiger partial charge in [-0.1, -0.05) is 23.7 Å². The van der Waals surface area contributed by atoms with Gasteiger partial charge in [0.25, 0.3) is 5.91 Å². The number of carbonyl (C=O) groups is 1. The topological polar surface area (TPSA) is 58.8 Å². The first-order chi connectivity index (χ1) is 12.1. The summed E-state index contributed by atoms with van der Waals surface area (Å²) in [6, 6.07) is 7.66. The highest BCUT2D eigenvalue weighted by Crippen LogP contribution is 2.40. The fourth-order valence-corrected chi connectivity index (χ4v) is 3.36. The molecule has 0 saturated carbocycles. The molecule has 2 aliphatic heterocycles. The van der Waals surface area contributed by atoms with Crippen molar-refractivity contribution in [2.45, 2.75) is 32.0 Å². The number of benzene rings is 1. The van der Waals surface area contributed by atoms with Crippen molar-refractivity contribution in [3.63, 3.8) is 0 Å². The molecular weight excluding hydrogens is 342 g/mol. The van der Waals surface area contributed by atoms with E-state index in [2.05, 4.69) is 0 Å². The van der Waals surface area contributed by atoms with Crippen LogP contribution in [0.4, 0.5) is 0 Å². The van der Waals surface area contributed by atoms with E-state index in [0.29, 0.717) is 23.8 Å². The third-order valence-electron chi connectivity index (χ3n) is 4.61. The summed E-state index contributed by atoms with van der Waals surface area (Å²) in [6.07, 6.45) is 2.81. The van der Waals surface area contributed by atoms with Crippen molar-refractivity contribution in [3.8, 4) is 0 Å². The fraction of sp³-hybridized carbons (Fsp3) is 0.526. The average molecular weight is 366 g/mol. The average Bonchev–Trinajstić information content (AvgIpc) is 3.45. The van der Waals surface area contributed by atoms with Gasteiger partial charge < -0.3 is 19.5 Å². The highest BCUT2D eigenvalue weighted by Gasteiger charge is 2.40. The first-order valence-electron chi connectivity index (χ1n) is 8.79. The number of allylic oxidation sites excluding steroid dienone is 1. The maximum atomic E-state index is 12.5. The van der Waals surface area contributed by atoms with Gasteiger partial charge in [0.15, 0.2) is 5.76 Å². The molecule has 3 rings (SSSR count). The fourth-order valence-electron chi connectivity index (χ4n) is 3.23. The molecule has 5 nitrogen and oxygen atoms in total. The predicted molar refractivity (Wildman–Crippen MR) is 95.2 cm³/mol. The molecule has 25 heavy (non-hydrogen) atoms. The van der Waals surface area contributed by atoms with Crippen LogP contribution in [-0.4, -0.2) is 48.5 Å². The zero-order chi connectivity index (χ0) is 17.8. The molecule has 0 bridgehead atoms. The minimum atomic E-state index is -0.499. The number of nitrogens with zero attached hydrogens (tertiary/aromatic N) is 1. The van der Waals surface area contributed by atoms with Crippen LogP contribution in [0.1, 0.15) is 31.2 Å². The second-order valence-electron chi connectivity index (χ2n) is 6.37. The number of aliphatic hydroxyl groups excluding tert-OH is 1. The van der Waals surface area contributed by atoms with Gasteiger partial charge >= 0.3 is 0 Å². The molecule has 3 atom stereocenters. The molecule has 1 amide bonds. The van der Waals surface area contributed by atoms with E-state index in [4.69, 9.17) is 21.1 Å². The molecule has 1 aromatic rings. The van der Waals surface area contributed by atoms with E-state index in [-0.39, 0.29) is 24.3 Å². The van der Waals surface area contributed by atoms with E-state index in [9.17, 15) is 9.90 Å². The monoisotopic (exact) mass is 365 g/mol. The third kappa shape index (κ3) is 4.35. The largest absolute Gasteiger partial charge is 0.459 e. The molecule has 0 unspecified atom stereocenters. The second kappa shape index (κ2) is 8.21. The van der Waals surface area contributed by atoms with Gasteiger partial charge in [-0.3, -0.25) is 4.79 Å². The minimum absolute atomic E-state index is 0.0204. The maximum absolute atomic E-state index is 12.5. The predicted octanol–water partition coefficient (Wildman–Crippen LogP) is 2.93. The Morgan fingerprint density at radius 2 is 2.08 bits per heavy atom. The molecule has 0 radical (unpaired) electrons.